The molecule has 5 heteroatoms. The lowest BCUT2D eigenvalue weighted by atomic mass is 9.75. The number of nitrogens with zero attached hydrogens (tertiary/aromatic N) is 2. The Kier molecular flexibility index (Phi) is 6.56. The molecule has 2 aromatic rings. The summed E-state index contributed by atoms with van der Waals surface area (Å²) in [5.74, 6) is 1.53. The zero-order valence-electron chi connectivity index (χ0n) is 17.7. The summed E-state index contributed by atoms with van der Waals surface area (Å²) < 4.78 is 5.39. The number of aliphatic hydroxyl groups excluding tert-OH is 1. The van der Waals surface area contributed by atoms with E-state index in [1.54, 1.807) is 7.11 Å². The van der Waals surface area contributed by atoms with Crippen LogP contribution in [-0.2, 0) is 13.0 Å². The molecule has 0 bridgehead atoms. The number of hydrogen-bond acceptors (Lipinski definition) is 4. The van der Waals surface area contributed by atoms with Gasteiger partial charge in [-0.2, -0.15) is 5.10 Å². The van der Waals surface area contributed by atoms with Crippen molar-refractivity contribution < 1.29 is 9.84 Å². The van der Waals surface area contributed by atoms with Crippen molar-refractivity contribution in [3.05, 3.63) is 47.3 Å². The minimum absolute atomic E-state index is 0.0840. The zero-order valence-corrected chi connectivity index (χ0v) is 17.7. The number of hydrogen-bond donors (Lipinski definition) is 2. The third-order valence-electron chi connectivity index (χ3n) is 6.95. The van der Waals surface area contributed by atoms with E-state index in [1.165, 1.54) is 48.9 Å². The Morgan fingerprint density at radius 1 is 1.24 bits per heavy atom. The summed E-state index contributed by atoms with van der Waals surface area (Å²) in [5, 5.41) is 18.1. The van der Waals surface area contributed by atoms with Gasteiger partial charge < -0.3 is 9.84 Å². The van der Waals surface area contributed by atoms with Crippen LogP contribution >= 0.6 is 0 Å². The quantitative estimate of drug-likeness (QED) is 0.732. The number of ether oxygens (including phenoxy) is 1. The molecule has 2 heterocycles. The molecule has 2 fully saturated rings. The van der Waals surface area contributed by atoms with Crippen LogP contribution in [0, 0.1) is 5.41 Å². The molecule has 1 aromatic heterocycles. The fourth-order valence-corrected chi connectivity index (χ4v) is 5.42. The van der Waals surface area contributed by atoms with Crippen LogP contribution in [0.1, 0.15) is 67.7 Å². The molecule has 1 aliphatic heterocycles. The number of methoxy groups -OCH3 is 1. The number of rotatable bonds is 7. The maximum atomic E-state index is 10.4. The fourth-order valence-electron chi connectivity index (χ4n) is 5.42. The second-order valence-electron chi connectivity index (χ2n) is 9.14. The third kappa shape index (κ3) is 4.84. The lowest BCUT2D eigenvalue weighted by Gasteiger charge is -2.42. The van der Waals surface area contributed by atoms with Crippen LogP contribution < -0.4 is 4.74 Å². The number of aromatic nitrogens is 2. The Morgan fingerprint density at radius 2 is 2.10 bits per heavy atom. The normalized spacial score (nSPS) is 23.9. The summed E-state index contributed by atoms with van der Waals surface area (Å²) in [5.41, 5.74) is 3.87. The Balaban J connectivity index is 1.45. The van der Waals surface area contributed by atoms with Crippen LogP contribution in [0.25, 0.3) is 0 Å². The molecule has 0 amide bonds. The molecule has 4 rings (SSSR count). The van der Waals surface area contributed by atoms with Gasteiger partial charge in [0.05, 0.1) is 19.9 Å². The summed E-state index contributed by atoms with van der Waals surface area (Å²) in [6.07, 6.45) is 11.7. The van der Waals surface area contributed by atoms with Crippen molar-refractivity contribution in [2.75, 3.05) is 26.8 Å². The molecular weight excluding hydrogens is 362 g/mol. The molecule has 0 radical (unpaired) electrons. The molecule has 1 saturated heterocycles. The second kappa shape index (κ2) is 9.31. The number of H-pyrrole nitrogens is 1. The van der Waals surface area contributed by atoms with Crippen LogP contribution in [0.15, 0.2) is 30.5 Å². The minimum atomic E-state index is -0.0840. The Bertz CT molecular complexity index is 784. The smallest absolute Gasteiger partial charge is 0.119 e. The van der Waals surface area contributed by atoms with Gasteiger partial charge in [-0.1, -0.05) is 31.4 Å². The molecule has 2 aliphatic rings. The van der Waals surface area contributed by atoms with Gasteiger partial charge in [0.1, 0.15) is 5.75 Å². The van der Waals surface area contributed by atoms with Crippen molar-refractivity contribution >= 4 is 0 Å². The van der Waals surface area contributed by atoms with Gasteiger partial charge in [0.2, 0.25) is 0 Å². The van der Waals surface area contributed by atoms with E-state index in [4.69, 9.17) is 4.74 Å². The molecular formula is C24H35N3O2. The van der Waals surface area contributed by atoms with E-state index < -0.39 is 0 Å². The Hall–Kier alpha value is -1.85. The first-order chi connectivity index (χ1) is 14.2. The highest BCUT2D eigenvalue weighted by Gasteiger charge is 2.35. The Morgan fingerprint density at radius 3 is 2.90 bits per heavy atom. The zero-order chi connectivity index (χ0) is 20.1. The van der Waals surface area contributed by atoms with Gasteiger partial charge in [-0.25, -0.2) is 0 Å². The van der Waals surface area contributed by atoms with Crippen LogP contribution in [0.3, 0.4) is 0 Å². The average Bonchev–Trinajstić information content (AvgIpc) is 3.23. The molecule has 1 atom stereocenters. The summed E-state index contributed by atoms with van der Waals surface area (Å²) in [4.78, 5) is 2.52. The summed E-state index contributed by atoms with van der Waals surface area (Å²) in [7, 11) is 1.71. The number of likely N-dealkylation sites (tertiary alicyclic amines) is 1. The molecule has 2 N–H and O–H groups in total. The predicted octanol–water partition coefficient (Wildman–Crippen LogP) is 4.28. The molecule has 158 valence electrons. The van der Waals surface area contributed by atoms with E-state index in [2.05, 4.69) is 27.2 Å². The topological polar surface area (TPSA) is 61.4 Å². The van der Waals surface area contributed by atoms with Crippen molar-refractivity contribution in [3.63, 3.8) is 0 Å². The first kappa shape index (κ1) is 20.4. The van der Waals surface area contributed by atoms with Gasteiger partial charge in [-0.05, 0) is 56.3 Å². The highest BCUT2D eigenvalue weighted by Crippen LogP contribution is 2.37. The number of piperidine rings is 1. The van der Waals surface area contributed by atoms with Gasteiger partial charge in [-0.15, -0.1) is 0 Å². The standard InChI is InChI=1S/C24H35N3O2/c1-29-22-10-5-7-19(13-22)14-24(18-28)11-6-12-27(17-24)16-21-15-25-26-23(21)20-8-3-2-4-9-20/h5,7,10,13,15,20,28H,2-4,6,8-9,11-12,14,16-18H2,1H3,(H,25,26)/t24-/m0/s1. The van der Waals surface area contributed by atoms with E-state index >= 15 is 0 Å². The van der Waals surface area contributed by atoms with Crippen LogP contribution in [0.4, 0.5) is 0 Å². The molecule has 1 aromatic carbocycles. The first-order valence-electron chi connectivity index (χ1n) is 11.2. The van der Waals surface area contributed by atoms with Crippen molar-refractivity contribution in [1.82, 2.24) is 15.1 Å². The van der Waals surface area contributed by atoms with Gasteiger partial charge in [0, 0.05) is 35.7 Å². The molecule has 0 unspecified atom stereocenters. The van der Waals surface area contributed by atoms with Crippen molar-refractivity contribution in [3.8, 4) is 5.75 Å². The first-order valence-corrected chi connectivity index (χ1v) is 11.2. The van der Waals surface area contributed by atoms with Gasteiger partial charge in [0.15, 0.2) is 0 Å². The fraction of sp³-hybridized carbons (Fsp3) is 0.625. The molecule has 1 aliphatic carbocycles. The van der Waals surface area contributed by atoms with Crippen molar-refractivity contribution in [2.45, 2.75) is 63.8 Å². The monoisotopic (exact) mass is 397 g/mol. The molecule has 29 heavy (non-hydrogen) atoms. The molecule has 1 saturated carbocycles. The maximum Gasteiger partial charge on any atom is 0.119 e. The second-order valence-corrected chi connectivity index (χ2v) is 9.14. The number of nitrogens with one attached hydrogen (secondary N) is 1. The number of aliphatic hydroxyl groups is 1. The van der Waals surface area contributed by atoms with E-state index in [0.717, 1.165) is 44.6 Å². The predicted molar refractivity (Wildman–Crippen MR) is 115 cm³/mol. The van der Waals surface area contributed by atoms with E-state index in [1.807, 2.05) is 18.3 Å². The highest BCUT2D eigenvalue weighted by atomic mass is 16.5. The van der Waals surface area contributed by atoms with Crippen LogP contribution in [0.5, 0.6) is 5.75 Å². The lowest BCUT2D eigenvalue weighted by Crippen LogP contribution is -2.46. The molecule has 5 nitrogen and oxygen atoms in total. The van der Waals surface area contributed by atoms with Crippen LogP contribution in [0.2, 0.25) is 0 Å². The van der Waals surface area contributed by atoms with Gasteiger partial charge >= 0.3 is 0 Å². The third-order valence-corrected chi connectivity index (χ3v) is 6.95. The summed E-state index contributed by atoms with van der Waals surface area (Å²) in [6, 6.07) is 8.28. The maximum absolute atomic E-state index is 10.4. The van der Waals surface area contributed by atoms with Gasteiger partial charge in [-0.3, -0.25) is 10.00 Å². The Labute approximate surface area is 174 Å². The van der Waals surface area contributed by atoms with E-state index in [0.29, 0.717) is 5.92 Å². The van der Waals surface area contributed by atoms with Crippen molar-refractivity contribution in [2.24, 2.45) is 5.41 Å². The minimum Gasteiger partial charge on any atom is -0.497 e. The van der Waals surface area contributed by atoms with Gasteiger partial charge in [0.25, 0.3) is 0 Å². The summed E-state index contributed by atoms with van der Waals surface area (Å²) >= 11 is 0. The number of benzene rings is 1. The van der Waals surface area contributed by atoms with E-state index in [9.17, 15) is 5.11 Å². The SMILES string of the molecule is COc1cccc(C[C@@]2(CO)CCCN(Cc3cn[nH]c3C3CCCCC3)C2)c1. The summed E-state index contributed by atoms with van der Waals surface area (Å²) in [6.45, 7) is 3.18. The average molecular weight is 398 g/mol. The van der Waals surface area contributed by atoms with Crippen molar-refractivity contribution in [1.29, 1.82) is 0 Å². The molecule has 0 spiro atoms. The largest absolute Gasteiger partial charge is 0.497 e. The number of aromatic amines is 1. The lowest BCUT2D eigenvalue weighted by molar-refractivity contribution is 0.0286. The highest BCUT2D eigenvalue weighted by molar-refractivity contribution is 5.29. The van der Waals surface area contributed by atoms with E-state index in [-0.39, 0.29) is 12.0 Å². The van der Waals surface area contributed by atoms with Crippen LogP contribution in [-0.4, -0.2) is 47.0 Å².